The SMILES string of the molecule is C=Cc1ccc(N2CCC3(CC2)C[C@@H](c2ccccc2)C(=O)N(C2CC2)C3)nc1. The fourth-order valence-electron chi connectivity index (χ4n) is 5.14. The van der Waals surface area contributed by atoms with Gasteiger partial charge in [0.1, 0.15) is 5.82 Å². The molecule has 3 heterocycles. The van der Waals surface area contributed by atoms with Gasteiger partial charge < -0.3 is 9.80 Å². The van der Waals surface area contributed by atoms with Crippen molar-refractivity contribution in [2.75, 3.05) is 24.5 Å². The fraction of sp³-hybridized carbons (Fsp3) is 0.440. The third-order valence-electron chi connectivity index (χ3n) is 7.07. The summed E-state index contributed by atoms with van der Waals surface area (Å²) in [6, 6.07) is 15.1. The molecule has 4 nitrogen and oxygen atoms in total. The van der Waals surface area contributed by atoms with Crippen LogP contribution in [0.2, 0.25) is 0 Å². The van der Waals surface area contributed by atoms with Crippen molar-refractivity contribution < 1.29 is 4.79 Å². The predicted octanol–water partition coefficient (Wildman–Crippen LogP) is 4.49. The number of nitrogens with zero attached hydrogens (tertiary/aromatic N) is 3. The maximum atomic E-state index is 13.3. The minimum absolute atomic E-state index is 0.0158. The molecule has 1 atom stereocenters. The Bertz CT molecular complexity index is 880. The summed E-state index contributed by atoms with van der Waals surface area (Å²) >= 11 is 0. The standard InChI is InChI=1S/C25H29N3O/c1-2-19-8-11-23(26-17-19)27-14-12-25(13-15-27)16-22(20-6-4-3-5-7-20)24(29)28(18-25)21-9-10-21/h2-8,11,17,21-22H,1,9-10,12-16,18H2/t22-/m0/s1. The summed E-state index contributed by atoms with van der Waals surface area (Å²) in [7, 11) is 0. The van der Waals surface area contributed by atoms with E-state index in [0.29, 0.717) is 11.9 Å². The summed E-state index contributed by atoms with van der Waals surface area (Å²) in [4.78, 5) is 22.5. The average molecular weight is 388 g/mol. The van der Waals surface area contributed by atoms with Gasteiger partial charge in [-0.05, 0) is 60.8 Å². The van der Waals surface area contributed by atoms with Crippen molar-refractivity contribution in [3.63, 3.8) is 0 Å². The Morgan fingerprint density at radius 1 is 1.07 bits per heavy atom. The second kappa shape index (κ2) is 7.33. The number of hydrogen-bond acceptors (Lipinski definition) is 3. The lowest BCUT2D eigenvalue weighted by molar-refractivity contribution is -0.141. The van der Waals surface area contributed by atoms with E-state index in [-0.39, 0.29) is 11.3 Å². The first kappa shape index (κ1) is 18.4. The van der Waals surface area contributed by atoms with Crippen LogP contribution in [0.1, 0.15) is 49.1 Å². The van der Waals surface area contributed by atoms with Crippen LogP contribution in [0.15, 0.2) is 55.2 Å². The molecule has 0 radical (unpaired) electrons. The zero-order valence-corrected chi connectivity index (χ0v) is 17.0. The van der Waals surface area contributed by atoms with Gasteiger partial charge in [-0.1, -0.05) is 43.0 Å². The number of hydrogen-bond donors (Lipinski definition) is 0. The van der Waals surface area contributed by atoms with Crippen molar-refractivity contribution in [1.82, 2.24) is 9.88 Å². The van der Waals surface area contributed by atoms with E-state index >= 15 is 0 Å². The minimum atomic E-state index is 0.0158. The van der Waals surface area contributed by atoms with Crippen molar-refractivity contribution in [2.45, 2.75) is 44.1 Å². The van der Waals surface area contributed by atoms with Crippen LogP contribution >= 0.6 is 0 Å². The number of piperidine rings is 2. The molecular formula is C25H29N3O. The molecule has 2 saturated heterocycles. The highest BCUT2D eigenvalue weighted by Crippen LogP contribution is 2.48. The molecule has 2 aromatic rings. The molecule has 1 saturated carbocycles. The van der Waals surface area contributed by atoms with Gasteiger partial charge in [-0.15, -0.1) is 0 Å². The zero-order chi connectivity index (χ0) is 19.8. The first-order valence-corrected chi connectivity index (χ1v) is 10.9. The molecule has 4 heteroatoms. The Hall–Kier alpha value is -2.62. The second-order valence-corrected chi connectivity index (χ2v) is 9.01. The molecule has 1 spiro atoms. The molecule has 3 aliphatic rings. The summed E-state index contributed by atoms with van der Waals surface area (Å²) < 4.78 is 0. The maximum absolute atomic E-state index is 13.3. The Labute approximate surface area is 173 Å². The third kappa shape index (κ3) is 3.57. The van der Waals surface area contributed by atoms with E-state index in [1.165, 1.54) is 18.4 Å². The molecule has 150 valence electrons. The summed E-state index contributed by atoms with van der Waals surface area (Å²) in [5.74, 6) is 1.42. The zero-order valence-electron chi connectivity index (χ0n) is 17.0. The quantitative estimate of drug-likeness (QED) is 0.776. The van der Waals surface area contributed by atoms with Crippen LogP contribution < -0.4 is 4.90 Å². The van der Waals surface area contributed by atoms with Gasteiger partial charge in [-0.25, -0.2) is 4.98 Å². The fourth-order valence-corrected chi connectivity index (χ4v) is 5.14. The van der Waals surface area contributed by atoms with Crippen LogP contribution in [0.3, 0.4) is 0 Å². The Balaban J connectivity index is 1.35. The molecular weight excluding hydrogens is 358 g/mol. The van der Waals surface area contributed by atoms with Gasteiger partial charge in [0.05, 0.1) is 5.92 Å². The largest absolute Gasteiger partial charge is 0.357 e. The number of likely N-dealkylation sites (tertiary alicyclic amines) is 1. The monoisotopic (exact) mass is 387 g/mol. The molecule has 0 bridgehead atoms. The first-order chi connectivity index (χ1) is 14.2. The third-order valence-corrected chi connectivity index (χ3v) is 7.07. The Morgan fingerprint density at radius 2 is 1.83 bits per heavy atom. The first-order valence-electron chi connectivity index (χ1n) is 10.9. The number of carbonyl (C=O) groups excluding carboxylic acids is 1. The van der Waals surface area contributed by atoms with Gasteiger partial charge in [-0.2, -0.15) is 0 Å². The molecule has 2 aliphatic heterocycles. The van der Waals surface area contributed by atoms with E-state index in [1.54, 1.807) is 0 Å². The number of carbonyl (C=O) groups is 1. The molecule has 1 aliphatic carbocycles. The molecule has 1 aromatic heterocycles. The van der Waals surface area contributed by atoms with E-state index in [2.05, 4.69) is 57.8 Å². The molecule has 1 amide bonds. The van der Waals surface area contributed by atoms with Crippen LogP contribution in [0.4, 0.5) is 5.82 Å². The van der Waals surface area contributed by atoms with Gasteiger partial charge in [0.25, 0.3) is 0 Å². The number of pyridine rings is 1. The normalized spacial score (nSPS) is 24.0. The molecule has 0 unspecified atom stereocenters. The van der Waals surface area contributed by atoms with E-state index < -0.39 is 0 Å². The average Bonchev–Trinajstić information content (AvgIpc) is 3.62. The predicted molar refractivity (Wildman–Crippen MR) is 117 cm³/mol. The lowest BCUT2D eigenvalue weighted by Crippen LogP contribution is -2.54. The Morgan fingerprint density at radius 3 is 2.45 bits per heavy atom. The highest BCUT2D eigenvalue weighted by Gasteiger charge is 2.49. The number of rotatable bonds is 4. The number of benzene rings is 1. The van der Waals surface area contributed by atoms with Gasteiger partial charge >= 0.3 is 0 Å². The Kier molecular flexibility index (Phi) is 4.65. The van der Waals surface area contributed by atoms with Crippen molar-refractivity contribution >= 4 is 17.8 Å². The van der Waals surface area contributed by atoms with Crippen molar-refractivity contribution in [3.05, 3.63) is 66.4 Å². The summed E-state index contributed by atoms with van der Waals surface area (Å²) in [5, 5.41) is 0. The van der Waals surface area contributed by atoms with Gasteiger partial charge in [0.15, 0.2) is 0 Å². The van der Waals surface area contributed by atoms with Gasteiger partial charge in [0, 0.05) is 31.9 Å². The van der Waals surface area contributed by atoms with Crippen LogP contribution in [0.25, 0.3) is 6.08 Å². The van der Waals surface area contributed by atoms with Gasteiger partial charge in [-0.3, -0.25) is 4.79 Å². The second-order valence-electron chi connectivity index (χ2n) is 9.01. The van der Waals surface area contributed by atoms with Crippen LogP contribution in [-0.2, 0) is 4.79 Å². The van der Waals surface area contributed by atoms with Crippen LogP contribution in [0, 0.1) is 5.41 Å². The molecule has 3 fully saturated rings. The smallest absolute Gasteiger partial charge is 0.230 e. The van der Waals surface area contributed by atoms with Crippen LogP contribution in [0.5, 0.6) is 0 Å². The van der Waals surface area contributed by atoms with Crippen molar-refractivity contribution in [2.24, 2.45) is 5.41 Å². The minimum Gasteiger partial charge on any atom is -0.357 e. The molecule has 5 rings (SSSR count). The molecule has 1 aromatic carbocycles. The maximum Gasteiger partial charge on any atom is 0.230 e. The highest BCUT2D eigenvalue weighted by atomic mass is 16.2. The highest BCUT2D eigenvalue weighted by molar-refractivity contribution is 5.85. The van der Waals surface area contributed by atoms with E-state index in [0.717, 1.165) is 50.3 Å². The summed E-state index contributed by atoms with van der Waals surface area (Å²) in [5.41, 5.74) is 2.47. The lowest BCUT2D eigenvalue weighted by Gasteiger charge is -2.50. The summed E-state index contributed by atoms with van der Waals surface area (Å²) in [6.07, 6.45) is 9.30. The summed E-state index contributed by atoms with van der Waals surface area (Å²) in [6.45, 7) is 6.77. The number of anilines is 1. The molecule has 0 N–H and O–H groups in total. The van der Waals surface area contributed by atoms with E-state index in [9.17, 15) is 4.79 Å². The molecule has 29 heavy (non-hydrogen) atoms. The van der Waals surface area contributed by atoms with Crippen molar-refractivity contribution in [3.8, 4) is 0 Å². The van der Waals surface area contributed by atoms with E-state index in [4.69, 9.17) is 0 Å². The lowest BCUT2D eigenvalue weighted by atomic mass is 9.67. The van der Waals surface area contributed by atoms with Gasteiger partial charge in [0.2, 0.25) is 5.91 Å². The van der Waals surface area contributed by atoms with E-state index in [1.807, 2.05) is 18.3 Å². The van der Waals surface area contributed by atoms with Crippen molar-refractivity contribution in [1.29, 1.82) is 0 Å². The van der Waals surface area contributed by atoms with Crippen LogP contribution in [-0.4, -0.2) is 41.5 Å². The number of aromatic nitrogens is 1. The topological polar surface area (TPSA) is 36.4 Å². The number of amides is 1.